The Balaban J connectivity index is 0.00000200. The van der Waals surface area contributed by atoms with Crippen molar-refractivity contribution in [2.24, 2.45) is 0 Å². The lowest BCUT2D eigenvalue weighted by atomic mass is 10.2. The molecule has 0 aliphatic carbocycles. The first-order valence-electron chi connectivity index (χ1n) is 6.21. The summed E-state index contributed by atoms with van der Waals surface area (Å²) in [6.07, 6.45) is 0.915. The number of hydrogen-bond acceptors (Lipinski definition) is 3. The highest BCUT2D eigenvalue weighted by Gasteiger charge is 2.17. The zero-order valence-electron chi connectivity index (χ0n) is 10.9. The predicted octanol–water partition coefficient (Wildman–Crippen LogP) is 2.15. The van der Waals surface area contributed by atoms with Crippen LogP contribution in [0.3, 0.4) is 0 Å². The zero-order chi connectivity index (χ0) is 13.7. The number of nitrogens with zero attached hydrogens (tertiary/aromatic N) is 1. The molecule has 0 radical (unpaired) electrons. The number of benzene rings is 1. The first-order chi connectivity index (χ1) is 9.16. The second-order valence-corrected chi connectivity index (χ2v) is 4.30. The highest BCUT2D eigenvalue weighted by atomic mass is 35.5. The van der Waals surface area contributed by atoms with Gasteiger partial charge in [-0.15, -0.1) is 12.4 Å². The standard InChI is InChI=1S/C13H16F2N2O2.ClH/c14-13(15)19-11-4-2-10(3-5-11)12(18)17-8-1-6-16-7-9-17;/h2-5,13,16H,1,6-9H2;1H. The molecule has 0 atom stereocenters. The maximum absolute atomic E-state index is 12.2. The summed E-state index contributed by atoms with van der Waals surface area (Å²) in [5.41, 5.74) is 0.489. The summed E-state index contributed by atoms with van der Waals surface area (Å²) in [6, 6.07) is 5.79. The van der Waals surface area contributed by atoms with E-state index in [1.54, 1.807) is 4.90 Å². The number of carbonyl (C=O) groups is 1. The highest BCUT2D eigenvalue weighted by Crippen LogP contribution is 2.16. The number of nitrogens with one attached hydrogen (secondary N) is 1. The summed E-state index contributed by atoms with van der Waals surface area (Å²) >= 11 is 0. The first-order valence-corrected chi connectivity index (χ1v) is 6.21. The molecular weight excluding hydrogens is 290 g/mol. The van der Waals surface area contributed by atoms with E-state index >= 15 is 0 Å². The molecule has 1 saturated heterocycles. The Morgan fingerprint density at radius 1 is 1.20 bits per heavy atom. The van der Waals surface area contributed by atoms with Crippen LogP contribution in [0.4, 0.5) is 8.78 Å². The van der Waals surface area contributed by atoms with Crippen molar-refractivity contribution in [1.82, 2.24) is 10.2 Å². The molecule has 4 nitrogen and oxygen atoms in total. The van der Waals surface area contributed by atoms with Gasteiger partial charge in [0.15, 0.2) is 0 Å². The van der Waals surface area contributed by atoms with Gasteiger partial charge in [0, 0.05) is 25.2 Å². The van der Waals surface area contributed by atoms with E-state index in [2.05, 4.69) is 10.1 Å². The molecule has 20 heavy (non-hydrogen) atoms. The lowest BCUT2D eigenvalue weighted by Crippen LogP contribution is -2.34. The van der Waals surface area contributed by atoms with Crippen LogP contribution in [-0.4, -0.2) is 43.6 Å². The summed E-state index contributed by atoms with van der Waals surface area (Å²) in [7, 11) is 0. The summed E-state index contributed by atoms with van der Waals surface area (Å²) < 4.78 is 28.3. The third-order valence-electron chi connectivity index (χ3n) is 2.95. The van der Waals surface area contributed by atoms with Crippen molar-refractivity contribution in [2.75, 3.05) is 26.2 Å². The van der Waals surface area contributed by atoms with Gasteiger partial charge < -0.3 is 15.0 Å². The molecule has 0 bridgehead atoms. The summed E-state index contributed by atoms with van der Waals surface area (Å²) in [5, 5.41) is 3.22. The molecule has 0 saturated carbocycles. The minimum Gasteiger partial charge on any atom is -0.435 e. The van der Waals surface area contributed by atoms with E-state index in [1.807, 2.05) is 0 Å². The van der Waals surface area contributed by atoms with E-state index in [-0.39, 0.29) is 24.1 Å². The molecule has 1 heterocycles. The van der Waals surface area contributed by atoms with Crippen LogP contribution in [0.5, 0.6) is 5.75 Å². The van der Waals surface area contributed by atoms with Crippen LogP contribution >= 0.6 is 12.4 Å². The van der Waals surface area contributed by atoms with Gasteiger partial charge >= 0.3 is 6.61 Å². The average Bonchev–Trinajstić information content (AvgIpc) is 2.67. The Morgan fingerprint density at radius 2 is 1.90 bits per heavy atom. The van der Waals surface area contributed by atoms with E-state index in [4.69, 9.17) is 0 Å². The molecule has 1 aliphatic rings. The molecule has 0 aromatic heterocycles. The quantitative estimate of drug-likeness (QED) is 0.930. The van der Waals surface area contributed by atoms with Crippen LogP contribution in [0.25, 0.3) is 0 Å². The predicted molar refractivity (Wildman–Crippen MR) is 73.7 cm³/mol. The molecule has 7 heteroatoms. The Kier molecular flexibility index (Phi) is 6.67. The van der Waals surface area contributed by atoms with Gasteiger partial charge in [0.05, 0.1) is 0 Å². The van der Waals surface area contributed by atoms with E-state index in [0.29, 0.717) is 18.7 Å². The minimum absolute atomic E-state index is 0. The maximum atomic E-state index is 12.2. The van der Waals surface area contributed by atoms with Gasteiger partial charge in [-0.05, 0) is 37.2 Å². The van der Waals surface area contributed by atoms with Crippen molar-refractivity contribution in [1.29, 1.82) is 0 Å². The van der Waals surface area contributed by atoms with Gasteiger partial charge in [0.25, 0.3) is 5.91 Å². The topological polar surface area (TPSA) is 41.6 Å². The van der Waals surface area contributed by atoms with Crippen molar-refractivity contribution in [3.63, 3.8) is 0 Å². The second-order valence-electron chi connectivity index (χ2n) is 4.30. The molecule has 1 aliphatic heterocycles. The van der Waals surface area contributed by atoms with Crippen LogP contribution in [0.1, 0.15) is 16.8 Å². The van der Waals surface area contributed by atoms with Gasteiger partial charge in [-0.2, -0.15) is 8.78 Å². The Bertz CT molecular complexity index is 421. The SMILES string of the molecule is Cl.O=C(c1ccc(OC(F)F)cc1)N1CCCNCC1. The molecule has 1 N–H and O–H groups in total. The number of ether oxygens (including phenoxy) is 1. The number of rotatable bonds is 3. The summed E-state index contributed by atoms with van der Waals surface area (Å²) in [5.74, 6) is -0.0172. The van der Waals surface area contributed by atoms with Gasteiger partial charge in [0.1, 0.15) is 5.75 Å². The molecule has 1 amide bonds. The third-order valence-corrected chi connectivity index (χ3v) is 2.95. The number of carbonyl (C=O) groups excluding carboxylic acids is 1. The Hall–Kier alpha value is -1.40. The normalized spacial score (nSPS) is 15.4. The van der Waals surface area contributed by atoms with Crippen molar-refractivity contribution < 1.29 is 18.3 Å². The van der Waals surface area contributed by atoms with Gasteiger partial charge in [-0.3, -0.25) is 4.79 Å². The molecule has 0 spiro atoms. The first kappa shape index (κ1) is 16.7. The second kappa shape index (κ2) is 8.01. The van der Waals surface area contributed by atoms with Crippen LogP contribution in [0.2, 0.25) is 0 Å². The van der Waals surface area contributed by atoms with E-state index < -0.39 is 6.61 Å². The van der Waals surface area contributed by atoms with Crippen molar-refractivity contribution in [3.05, 3.63) is 29.8 Å². The van der Waals surface area contributed by atoms with Gasteiger partial charge in [-0.25, -0.2) is 0 Å². The van der Waals surface area contributed by atoms with Gasteiger partial charge in [0.2, 0.25) is 0 Å². The molecule has 1 aromatic rings. The molecule has 0 unspecified atom stereocenters. The lowest BCUT2D eigenvalue weighted by molar-refractivity contribution is -0.0498. The van der Waals surface area contributed by atoms with Crippen LogP contribution in [0, 0.1) is 0 Å². The minimum atomic E-state index is -2.85. The van der Waals surface area contributed by atoms with Crippen molar-refractivity contribution >= 4 is 18.3 Å². The fourth-order valence-electron chi connectivity index (χ4n) is 2.01. The van der Waals surface area contributed by atoms with E-state index in [1.165, 1.54) is 24.3 Å². The smallest absolute Gasteiger partial charge is 0.387 e. The van der Waals surface area contributed by atoms with E-state index in [9.17, 15) is 13.6 Å². The molecule has 1 aromatic carbocycles. The zero-order valence-corrected chi connectivity index (χ0v) is 11.7. The molecule has 112 valence electrons. The molecular formula is C13H17ClF2N2O2. The number of hydrogen-bond donors (Lipinski definition) is 1. The van der Waals surface area contributed by atoms with Gasteiger partial charge in [-0.1, -0.05) is 0 Å². The van der Waals surface area contributed by atoms with Crippen molar-refractivity contribution in [3.8, 4) is 5.75 Å². The Labute approximate surface area is 122 Å². The summed E-state index contributed by atoms with van der Waals surface area (Å²) in [4.78, 5) is 14.0. The van der Waals surface area contributed by atoms with Crippen LogP contribution in [-0.2, 0) is 0 Å². The van der Waals surface area contributed by atoms with Crippen molar-refractivity contribution in [2.45, 2.75) is 13.0 Å². The lowest BCUT2D eigenvalue weighted by Gasteiger charge is -2.20. The molecule has 1 fully saturated rings. The number of halogens is 3. The number of amides is 1. The molecule has 2 rings (SSSR count). The largest absolute Gasteiger partial charge is 0.435 e. The maximum Gasteiger partial charge on any atom is 0.387 e. The number of alkyl halides is 2. The van der Waals surface area contributed by atoms with E-state index in [0.717, 1.165) is 19.5 Å². The third kappa shape index (κ3) is 4.61. The van der Waals surface area contributed by atoms with Crippen LogP contribution in [0.15, 0.2) is 24.3 Å². The Morgan fingerprint density at radius 3 is 2.55 bits per heavy atom. The average molecular weight is 307 g/mol. The van der Waals surface area contributed by atoms with Crippen LogP contribution < -0.4 is 10.1 Å². The fraction of sp³-hybridized carbons (Fsp3) is 0.462. The monoisotopic (exact) mass is 306 g/mol. The fourth-order valence-corrected chi connectivity index (χ4v) is 2.01. The highest BCUT2D eigenvalue weighted by molar-refractivity contribution is 5.94. The summed E-state index contributed by atoms with van der Waals surface area (Å²) in [6.45, 7) is 0.205.